The van der Waals surface area contributed by atoms with Crippen molar-refractivity contribution in [2.24, 2.45) is 5.10 Å². The number of amides is 2. The number of rotatable bonds is 7. The van der Waals surface area contributed by atoms with Gasteiger partial charge in [0.2, 0.25) is 5.91 Å². The summed E-state index contributed by atoms with van der Waals surface area (Å²) in [5.41, 5.74) is 9.26. The van der Waals surface area contributed by atoms with Crippen molar-refractivity contribution in [2.75, 3.05) is 11.9 Å². The summed E-state index contributed by atoms with van der Waals surface area (Å²) in [6.45, 7) is 8.25. The highest BCUT2D eigenvalue weighted by molar-refractivity contribution is 6.09. The number of carbonyl (C=O) groups is 2. The number of aryl methyl sites for hydroxylation is 3. The standard InChI is InChI=1S/C30H31N3O5/c1-5-36-23-11-7-6-9-21(23)31-30(35)29-19(4)28-22(10-8-12-24(28)38-29)32-33-26(34)15-20-16-37-25-14-17(2)13-18(3)27(20)25/h6-7,9,11,13-14,16H,5,8,10,12,15H2,1-4H3,(H,31,35)(H,33,34)/b32-22+. The Labute approximate surface area is 221 Å². The second kappa shape index (κ2) is 10.6. The van der Waals surface area contributed by atoms with Gasteiger partial charge in [0.25, 0.3) is 5.91 Å². The Morgan fingerprint density at radius 2 is 1.92 bits per heavy atom. The summed E-state index contributed by atoms with van der Waals surface area (Å²) in [6, 6.07) is 11.3. The fourth-order valence-corrected chi connectivity index (χ4v) is 5.13. The first kappa shape index (κ1) is 25.3. The Balaban J connectivity index is 1.34. The average Bonchev–Trinajstić information content (AvgIpc) is 3.45. The van der Waals surface area contributed by atoms with Gasteiger partial charge in [0.05, 0.1) is 30.7 Å². The van der Waals surface area contributed by atoms with Crippen LogP contribution in [0, 0.1) is 20.8 Å². The number of nitrogens with zero attached hydrogens (tertiary/aromatic N) is 1. The van der Waals surface area contributed by atoms with Gasteiger partial charge in [-0.2, -0.15) is 5.10 Å². The number of anilines is 1. The monoisotopic (exact) mass is 513 g/mol. The molecule has 0 saturated heterocycles. The van der Waals surface area contributed by atoms with Crippen molar-refractivity contribution in [3.63, 3.8) is 0 Å². The second-order valence-electron chi connectivity index (χ2n) is 9.58. The van der Waals surface area contributed by atoms with Gasteiger partial charge in [0.15, 0.2) is 5.76 Å². The molecule has 2 heterocycles. The fraction of sp³-hybridized carbons (Fsp3) is 0.300. The number of carbonyl (C=O) groups excluding carboxylic acids is 2. The zero-order valence-corrected chi connectivity index (χ0v) is 22.1. The molecule has 0 saturated carbocycles. The number of hydrazone groups is 1. The molecule has 2 N–H and O–H groups in total. The SMILES string of the molecule is CCOc1ccccc1NC(=O)c1oc2c(c1C)/C(=N/NC(=O)Cc1coc3cc(C)cc(C)c13)CCC2. The minimum absolute atomic E-state index is 0.151. The van der Waals surface area contributed by atoms with Crippen molar-refractivity contribution in [3.8, 4) is 5.75 Å². The highest BCUT2D eigenvalue weighted by Crippen LogP contribution is 2.32. The Morgan fingerprint density at radius 1 is 1.11 bits per heavy atom. The van der Waals surface area contributed by atoms with E-state index in [2.05, 4.69) is 21.9 Å². The van der Waals surface area contributed by atoms with Crippen LogP contribution in [-0.4, -0.2) is 24.1 Å². The van der Waals surface area contributed by atoms with Gasteiger partial charge in [-0.05, 0) is 69.9 Å². The van der Waals surface area contributed by atoms with Crippen LogP contribution in [0.1, 0.15) is 63.9 Å². The van der Waals surface area contributed by atoms with Crippen molar-refractivity contribution >= 4 is 34.2 Å². The third-order valence-electron chi connectivity index (χ3n) is 6.73. The lowest BCUT2D eigenvalue weighted by Crippen LogP contribution is -2.23. The lowest BCUT2D eigenvalue weighted by atomic mass is 9.93. The van der Waals surface area contributed by atoms with Crippen LogP contribution in [0.25, 0.3) is 11.0 Å². The summed E-state index contributed by atoms with van der Waals surface area (Å²) in [5.74, 6) is 0.941. The van der Waals surface area contributed by atoms with Gasteiger partial charge in [0, 0.05) is 28.5 Å². The molecule has 8 nitrogen and oxygen atoms in total. The molecule has 2 aromatic heterocycles. The highest BCUT2D eigenvalue weighted by Gasteiger charge is 2.28. The first-order valence-electron chi connectivity index (χ1n) is 12.8. The first-order chi connectivity index (χ1) is 18.4. The molecule has 0 aliphatic heterocycles. The largest absolute Gasteiger partial charge is 0.492 e. The lowest BCUT2D eigenvalue weighted by molar-refractivity contribution is -0.120. The predicted octanol–water partition coefficient (Wildman–Crippen LogP) is 6.00. The van der Waals surface area contributed by atoms with E-state index in [0.29, 0.717) is 47.9 Å². The molecule has 1 aliphatic carbocycles. The maximum Gasteiger partial charge on any atom is 0.291 e. The van der Waals surface area contributed by atoms with Crippen LogP contribution in [-0.2, 0) is 17.6 Å². The fourth-order valence-electron chi connectivity index (χ4n) is 5.13. The Morgan fingerprint density at radius 3 is 2.74 bits per heavy atom. The third-order valence-corrected chi connectivity index (χ3v) is 6.73. The smallest absolute Gasteiger partial charge is 0.291 e. The van der Waals surface area contributed by atoms with Crippen LogP contribution in [0.5, 0.6) is 5.75 Å². The topological polar surface area (TPSA) is 106 Å². The molecule has 5 rings (SSSR count). The van der Waals surface area contributed by atoms with Crippen molar-refractivity contribution < 1.29 is 23.2 Å². The van der Waals surface area contributed by atoms with Crippen LogP contribution in [0.2, 0.25) is 0 Å². The summed E-state index contributed by atoms with van der Waals surface area (Å²) in [4.78, 5) is 26.0. The zero-order valence-electron chi connectivity index (χ0n) is 22.1. The molecular weight excluding hydrogens is 482 g/mol. The van der Waals surface area contributed by atoms with Gasteiger partial charge in [-0.3, -0.25) is 9.59 Å². The van der Waals surface area contributed by atoms with E-state index in [1.807, 2.05) is 45.9 Å². The van der Waals surface area contributed by atoms with E-state index in [1.165, 1.54) is 0 Å². The van der Waals surface area contributed by atoms with Gasteiger partial charge in [-0.25, -0.2) is 5.43 Å². The van der Waals surface area contributed by atoms with Crippen LogP contribution >= 0.6 is 0 Å². The molecule has 2 aromatic carbocycles. The molecule has 2 amide bonds. The normalized spacial score (nSPS) is 13.9. The van der Waals surface area contributed by atoms with Crippen molar-refractivity contribution in [3.05, 3.63) is 82.0 Å². The molecule has 196 valence electrons. The molecular formula is C30H31N3O5. The summed E-state index contributed by atoms with van der Waals surface area (Å²) in [5, 5.41) is 8.31. The van der Waals surface area contributed by atoms with Crippen molar-refractivity contribution in [2.45, 2.75) is 53.4 Å². The maximum absolute atomic E-state index is 13.1. The minimum atomic E-state index is -0.357. The summed E-state index contributed by atoms with van der Waals surface area (Å²) < 4.78 is 17.3. The number of furan rings is 2. The van der Waals surface area contributed by atoms with Crippen LogP contribution in [0.3, 0.4) is 0 Å². The number of ether oxygens (including phenoxy) is 1. The van der Waals surface area contributed by atoms with E-state index in [9.17, 15) is 9.59 Å². The number of nitrogens with one attached hydrogen (secondary N) is 2. The quantitative estimate of drug-likeness (QED) is 0.295. The zero-order chi connectivity index (χ0) is 26.8. The maximum atomic E-state index is 13.1. The third kappa shape index (κ3) is 4.94. The van der Waals surface area contributed by atoms with E-state index in [4.69, 9.17) is 13.6 Å². The van der Waals surface area contributed by atoms with Crippen LogP contribution < -0.4 is 15.5 Å². The predicted molar refractivity (Wildman–Crippen MR) is 146 cm³/mol. The number of hydrogen-bond acceptors (Lipinski definition) is 6. The average molecular weight is 514 g/mol. The highest BCUT2D eigenvalue weighted by atomic mass is 16.5. The number of benzene rings is 2. The summed E-state index contributed by atoms with van der Waals surface area (Å²) in [7, 11) is 0. The molecule has 4 aromatic rings. The summed E-state index contributed by atoms with van der Waals surface area (Å²) in [6.07, 6.45) is 3.98. The molecule has 38 heavy (non-hydrogen) atoms. The lowest BCUT2D eigenvalue weighted by Gasteiger charge is -2.13. The molecule has 0 atom stereocenters. The van der Waals surface area contributed by atoms with E-state index >= 15 is 0 Å². The Bertz CT molecular complexity index is 1560. The molecule has 0 spiro atoms. The number of fused-ring (bicyclic) bond motifs is 2. The summed E-state index contributed by atoms with van der Waals surface area (Å²) >= 11 is 0. The first-order valence-corrected chi connectivity index (χ1v) is 12.8. The molecule has 0 unspecified atom stereocenters. The van der Waals surface area contributed by atoms with Gasteiger partial charge in [0.1, 0.15) is 17.1 Å². The van der Waals surface area contributed by atoms with Gasteiger partial charge in [-0.1, -0.05) is 18.2 Å². The molecule has 8 heteroatoms. The second-order valence-corrected chi connectivity index (χ2v) is 9.58. The molecule has 0 bridgehead atoms. The minimum Gasteiger partial charge on any atom is -0.492 e. The Hall–Kier alpha value is -4.33. The molecule has 0 fully saturated rings. The van der Waals surface area contributed by atoms with Gasteiger partial charge in [-0.15, -0.1) is 0 Å². The van der Waals surface area contributed by atoms with Crippen molar-refractivity contribution in [1.82, 2.24) is 5.43 Å². The van der Waals surface area contributed by atoms with Crippen molar-refractivity contribution in [1.29, 1.82) is 0 Å². The number of para-hydroxylation sites is 2. The molecule has 1 aliphatic rings. The Kier molecular flexibility index (Phi) is 7.05. The number of hydrogen-bond donors (Lipinski definition) is 2. The van der Waals surface area contributed by atoms with E-state index < -0.39 is 0 Å². The van der Waals surface area contributed by atoms with E-state index in [0.717, 1.165) is 39.6 Å². The van der Waals surface area contributed by atoms with E-state index in [-0.39, 0.29) is 24.0 Å². The molecule has 0 radical (unpaired) electrons. The van der Waals surface area contributed by atoms with Crippen LogP contribution in [0.15, 0.2) is 56.6 Å². The van der Waals surface area contributed by atoms with Gasteiger partial charge < -0.3 is 18.9 Å². The van der Waals surface area contributed by atoms with Crippen LogP contribution in [0.4, 0.5) is 5.69 Å². The van der Waals surface area contributed by atoms with E-state index in [1.54, 1.807) is 18.4 Å². The van der Waals surface area contributed by atoms with Gasteiger partial charge >= 0.3 is 0 Å².